The largest absolute Gasteiger partial charge is 3.00 e. The minimum absolute atomic E-state index is 0. The van der Waals surface area contributed by atoms with Crippen LogP contribution < -0.4 is 0 Å². The molecule has 6 rings (SSSR count). The Hall–Kier alpha value is -4.45. The smallest absolute Gasteiger partial charge is 0.256 e. The Morgan fingerprint density at radius 1 is 0.350 bits per heavy atom. The first kappa shape index (κ1) is 30.1. The van der Waals surface area contributed by atoms with E-state index in [-0.39, 0.29) is 37.6 Å². The zero-order chi connectivity index (χ0) is 27.3. The fraction of sp³-hybridized carbons (Fsp3) is 0. The van der Waals surface area contributed by atoms with Gasteiger partial charge in [0, 0.05) is 35.3 Å². The SMILES string of the molecule is Fc1cccc(-c2ccccn2)c1.Fc1cccc(-c2ccccn2)c1.Fc1cccc(-c2ccccn2)c1.[Ir+3]. The van der Waals surface area contributed by atoms with Crippen LogP contribution in [0.5, 0.6) is 0 Å². The van der Waals surface area contributed by atoms with Crippen molar-refractivity contribution in [3.05, 3.63) is 163 Å². The van der Waals surface area contributed by atoms with Crippen LogP contribution in [-0.2, 0) is 20.1 Å². The summed E-state index contributed by atoms with van der Waals surface area (Å²) in [5, 5.41) is 0. The number of halogens is 3. The van der Waals surface area contributed by atoms with Crippen LogP contribution in [0.3, 0.4) is 0 Å². The molecule has 0 unspecified atom stereocenters. The Morgan fingerprint density at radius 2 is 0.650 bits per heavy atom. The quantitative estimate of drug-likeness (QED) is 0.185. The van der Waals surface area contributed by atoms with E-state index in [9.17, 15) is 13.2 Å². The Bertz CT molecular complexity index is 1390. The number of hydrogen-bond donors (Lipinski definition) is 0. The first-order chi connectivity index (χ1) is 19.1. The molecule has 0 N–H and O–H groups in total. The summed E-state index contributed by atoms with van der Waals surface area (Å²) < 4.78 is 38.5. The number of nitrogens with zero attached hydrogens (tertiary/aromatic N) is 3. The number of aromatic nitrogens is 3. The maximum atomic E-state index is 12.8. The monoisotopic (exact) mass is 712 g/mol. The average Bonchev–Trinajstić information content (AvgIpc) is 2.99. The van der Waals surface area contributed by atoms with E-state index >= 15 is 0 Å². The summed E-state index contributed by atoms with van der Waals surface area (Å²) >= 11 is 0. The van der Waals surface area contributed by atoms with Crippen LogP contribution >= 0.6 is 0 Å². The van der Waals surface area contributed by atoms with Crippen molar-refractivity contribution < 1.29 is 33.3 Å². The van der Waals surface area contributed by atoms with Gasteiger partial charge in [0.2, 0.25) is 0 Å². The summed E-state index contributed by atoms with van der Waals surface area (Å²) in [6.07, 6.45) is 5.08. The third-order valence-electron chi connectivity index (χ3n) is 5.36. The molecule has 3 aromatic carbocycles. The van der Waals surface area contributed by atoms with Crippen LogP contribution in [0.2, 0.25) is 0 Å². The van der Waals surface area contributed by atoms with Crippen LogP contribution in [0.1, 0.15) is 0 Å². The molecule has 3 aromatic heterocycles. The van der Waals surface area contributed by atoms with E-state index in [0.717, 1.165) is 33.8 Å². The van der Waals surface area contributed by atoms with Gasteiger partial charge < -0.3 is 0 Å². The molecule has 0 aliphatic carbocycles. The van der Waals surface area contributed by atoms with Crippen molar-refractivity contribution in [1.29, 1.82) is 0 Å². The normalized spacial score (nSPS) is 9.68. The maximum absolute atomic E-state index is 12.8. The number of pyridine rings is 3. The predicted molar refractivity (Wildman–Crippen MR) is 149 cm³/mol. The summed E-state index contributed by atoms with van der Waals surface area (Å²) in [7, 11) is 0. The molecule has 0 saturated heterocycles. The standard InChI is InChI=1S/3C11H8FN.Ir/c3*12-10-5-3-4-9(8-10)11-6-1-2-7-13-11;/h3*1-8H;/q;;;+3. The molecule has 3 nitrogen and oxygen atoms in total. The van der Waals surface area contributed by atoms with Crippen LogP contribution in [0.4, 0.5) is 13.2 Å². The van der Waals surface area contributed by atoms with E-state index in [4.69, 9.17) is 0 Å². The van der Waals surface area contributed by atoms with Gasteiger partial charge in [-0.25, -0.2) is 13.2 Å². The molecular weight excluding hydrogens is 688 g/mol. The van der Waals surface area contributed by atoms with Crippen molar-refractivity contribution >= 4 is 0 Å². The average molecular weight is 712 g/mol. The zero-order valence-electron chi connectivity index (χ0n) is 21.2. The topological polar surface area (TPSA) is 38.7 Å². The molecule has 6 aromatic rings. The molecule has 0 fully saturated rings. The van der Waals surface area contributed by atoms with Gasteiger partial charge in [-0.15, -0.1) is 0 Å². The Balaban J connectivity index is 0.000000163. The van der Waals surface area contributed by atoms with Gasteiger partial charge in [0.25, 0.3) is 0 Å². The molecule has 0 aliphatic heterocycles. The van der Waals surface area contributed by atoms with E-state index in [1.807, 2.05) is 72.8 Å². The number of rotatable bonds is 3. The summed E-state index contributed by atoms with van der Waals surface area (Å²) in [6, 6.07) is 36.0. The molecule has 0 atom stereocenters. The van der Waals surface area contributed by atoms with E-state index < -0.39 is 0 Å². The number of benzene rings is 3. The van der Waals surface area contributed by atoms with Crippen molar-refractivity contribution in [2.24, 2.45) is 0 Å². The van der Waals surface area contributed by atoms with Gasteiger partial charge in [-0.2, -0.15) is 0 Å². The van der Waals surface area contributed by atoms with Crippen LogP contribution in [0.25, 0.3) is 33.8 Å². The molecule has 0 amide bonds. The summed E-state index contributed by atoms with van der Waals surface area (Å²) in [6.45, 7) is 0. The molecule has 3 heterocycles. The first-order valence-electron chi connectivity index (χ1n) is 12.1. The predicted octanol–water partition coefficient (Wildman–Crippen LogP) is 8.66. The zero-order valence-corrected chi connectivity index (χ0v) is 23.6. The maximum Gasteiger partial charge on any atom is 3.00 e. The van der Waals surface area contributed by atoms with Crippen LogP contribution in [0, 0.1) is 17.5 Å². The van der Waals surface area contributed by atoms with Gasteiger partial charge in [-0.05, 0) is 72.8 Å². The van der Waals surface area contributed by atoms with E-state index in [0.29, 0.717) is 0 Å². The second-order valence-electron chi connectivity index (χ2n) is 8.18. The number of hydrogen-bond acceptors (Lipinski definition) is 3. The molecule has 0 radical (unpaired) electrons. The van der Waals surface area contributed by atoms with Gasteiger partial charge in [0.05, 0.1) is 17.1 Å². The first-order valence-corrected chi connectivity index (χ1v) is 12.1. The van der Waals surface area contributed by atoms with Gasteiger partial charge >= 0.3 is 20.1 Å². The molecule has 0 saturated carbocycles. The summed E-state index contributed by atoms with van der Waals surface area (Å²) in [4.78, 5) is 12.4. The summed E-state index contributed by atoms with van der Waals surface area (Å²) in [5.74, 6) is -0.700. The van der Waals surface area contributed by atoms with Gasteiger partial charge in [0.15, 0.2) is 0 Å². The van der Waals surface area contributed by atoms with Crippen LogP contribution in [-0.4, -0.2) is 15.0 Å². The third kappa shape index (κ3) is 9.38. The molecule has 0 spiro atoms. The Morgan fingerprint density at radius 3 is 0.875 bits per heavy atom. The third-order valence-corrected chi connectivity index (χ3v) is 5.36. The molecular formula is C33H24F3IrN3+3. The van der Waals surface area contributed by atoms with E-state index in [1.54, 1.807) is 36.8 Å². The summed E-state index contributed by atoms with van der Waals surface area (Å²) in [5.41, 5.74) is 4.80. The Kier molecular flexibility index (Phi) is 11.9. The van der Waals surface area contributed by atoms with Gasteiger partial charge in [-0.3, -0.25) is 15.0 Å². The van der Waals surface area contributed by atoms with Crippen molar-refractivity contribution in [2.75, 3.05) is 0 Å². The van der Waals surface area contributed by atoms with E-state index in [1.165, 1.54) is 36.4 Å². The van der Waals surface area contributed by atoms with Crippen molar-refractivity contribution in [2.45, 2.75) is 0 Å². The minimum Gasteiger partial charge on any atom is -0.256 e. The molecule has 198 valence electrons. The second-order valence-corrected chi connectivity index (χ2v) is 8.18. The van der Waals surface area contributed by atoms with Gasteiger partial charge in [-0.1, -0.05) is 54.6 Å². The minimum atomic E-state index is -0.233. The second kappa shape index (κ2) is 15.8. The van der Waals surface area contributed by atoms with Crippen LogP contribution in [0.15, 0.2) is 146 Å². The Labute approximate surface area is 244 Å². The van der Waals surface area contributed by atoms with Gasteiger partial charge in [0.1, 0.15) is 17.5 Å². The van der Waals surface area contributed by atoms with E-state index in [2.05, 4.69) is 15.0 Å². The van der Waals surface area contributed by atoms with Crippen molar-refractivity contribution in [3.63, 3.8) is 0 Å². The fourth-order valence-electron chi connectivity index (χ4n) is 3.54. The fourth-order valence-corrected chi connectivity index (χ4v) is 3.54. The molecule has 0 aliphatic rings. The molecule has 7 heteroatoms. The van der Waals surface area contributed by atoms with Crippen molar-refractivity contribution in [1.82, 2.24) is 15.0 Å². The molecule has 40 heavy (non-hydrogen) atoms. The molecule has 0 bridgehead atoms. The van der Waals surface area contributed by atoms with Crippen molar-refractivity contribution in [3.8, 4) is 33.8 Å².